The quantitative estimate of drug-likeness (QED) is 0.542. The molecule has 3 nitrogen and oxygen atoms in total. The van der Waals surface area contributed by atoms with Crippen LogP contribution in [0, 0.1) is 17.8 Å². The lowest BCUT2D eigenvalue weighted by Gasteiger charge is -2.31. The van der Waals surface area contributed by atoms with Crippen molar-refractivity contribution in [2.24, 2.45) is 17.8 Å². The average Bonchev–Trinajstić information content (AvgIpc) is 2.56. The van der Waals surface area contributed by atoms with Crippen LogP contribution in [0.15, 0.2) is 0 Å². The summed E-state index contributed by atoms with van der Waals surface area (Å²) in [6.07, 6.45) is 1.01. The highest BCUT2D eigenvalue weighted by Crippen LogP contribution is 2.61. The highest BCUT2D eigenvalue weighted by Gasteiger charge is 2.67. The second-order valence-electron chi connectivity index (χ2n) is 4.64. The zero-order valence-electron chi connectivity index (χ0n) is 7.10. The van der Waals surface area contributed by atoms with Gasteiger partial charge in [0.25, 0.3) is 0 Å². The Morgan fingerprint density at radius 1 is 1.33 bits per heavy atom. The number of hydrogen-bond donors (Lipinski definition) is 2. The van der Waals surface area contributed by atoms with Crippen molar-refractivity contribution in [3.05, 3.63) is 0 Å². The van der Waals surface area contributed by atoms with E-state index in [0.29, 0.717) is 17.8 Å². The van der Waals surface area contributed by atoms with E-state index in [1.54, 1.807) is 0 Å². The van der Waals surface area contributed by atoms with Crippen LogP contribution in [0.3, 0.4) is 0 Å². The molecule has 0 aromatic heterocycles. The van der Waals surface area contributed by atoms with Crippen LogP contribution in [0.2, 0.25) is 0 Å². The predicted octanol–water partition coefficient (Wildman–Crippen LogP) is 0.111. The van der Waals surface area contributed by atoms with Crippen molar-refractivity contribution >= 4 is 0 Å². The minimum atomic E-state index is -0.623. The van der Waals surface area contributed by atoms with Crippen LogP contribution in [0.4, 0.5) is 0 Å². The fourth-order valence-corrected chi connectivity index (χ4v) is 3.54. The second-order valence-corrected chi connectivity index (χ2v) is 4.64. The minimum Gasteiger partial charge on any atom is -0.390 e. The maximum absolute atomic E-state index is 9.85. The molecule has 2 bridgehead atoms. The van der Waals surface area contributed by atoms with Crippen molar-refractivity contribution in [3.63, 3.8) is 0 Å². The number of fused-ring (bicyclic) bond motifs is 1. The summed E-state index contributed by atoms with van der Waals surface area (Å²) in [6, 6.07) is 0. The zero-order chi connectivity index (χ0) is 8.51. The summed E-state index contributed by atoms with van der Waals surface area (Å²) in [6.45, 7) is 1.94. The molecule has 3 aliphatic rings. The molecule has 3 heteroatoms. The van der Waals surface area contributed by atoms with Crippen LogP contribution in [-0.2, 0) is 4.74 Å². The molecule has 2 saturated carbocycles. The van der Waals surface area contributed by atoms with Crippen LogP contribution in [0.5, 0.6) is 0 Å². The van der Waals surface area contributed by atoms with E-state index in [0.717, 1.165) is 12.8 Å². The van der Waals surface area contributed by atoms with E-state index >= 15 is 0 Å². The summed E-state index contributed by atoms with van der Waals surface area (Å²) in [4.78, 5) is 0. The van der Waals surface area contributed by atoms with Gasteiger partial charge in [0.05, 0.1) is 11.7 Å². The molecule has 2 N–H and O–H groups in total. The largest absolute Gasteiger partial charge is 0.390 e. The molecular weight excluding hydrogens is 156 g/mol. The number of aliphatic hydroxyl groups is 2. The van der Waals surface area contributed by atoms with Crippen molar-refractivity contribution in [3.8, 4) is 0 Å². The van der Waals surface area contributed by atoms with Gasteiger partial charge >= 0.3 is 0 Å². The summed E-state index contributed by atoms with van der Waals surface area (Å²) in [5.41, 5.74) is -0.438. The summed E-state index contributed by atoms with van der Waals surface area (Å²) in [7, 11) is 0. The van der Waals surface area contributed by atoms with Crippen molar-refractivity contribution < 1.29 is 14.9 Å². The molecule has 6 unspecified atom stereocenters. The summed E-state index contributed by atoms with van der Waals surface area (Å²) < 4.78 is 5.44. The SMILES string of the molecule is CC12OC(O)C3CC(CC31)C2O. The second kappa shape index (κ2) is 1.86. The topological polar surface area (TPSA) is 49.7 Å². The Balaban J connectivity index is 2.05. The van der Waals surface area contributed by atoms with Gasteiger partial charge in [-0.3, -0.25) is 0 Å². The van der Waals surface area contributed by atoms with Crippen molar-refractivity contribution in [2.45, 2.75) is 37.8 Å². The first-order chi connectivity index (χ1) is 5.63. The lowest BCUT2D eigenvalue weighted by atomic mass is 9.79. The Morgan fingerprint density at radius 3 is 2.67 bits per heavy atom. The summed E-state index contributed by atoms with van der Waals surface area (Å²) in [5, 5.41) is 19.4. The maximum atomic E-state index is 9.85. The van der Waals surface area contributed by atoms with Gasteiger partial charge in [0.15, 0.2) is 6.29 Å². The Kier molecular flexibility index (Phi) is 1.13. The Morgan fingerprint density at radius 2 is 2.08 bits per heavy atom. The van der Waals surface area contributed by atoms with E-state index in [9.17, 15) is 10.2 Å². The van der Waals surface area contributed by atoms with E-state index in [4.69, 9.17) is 4.74 Å². The van der Waals surface area contributed by atoms with Gasteiger partial charge < -0.3 is 14.9 Å². The first kappa shape index (κ1) is 7.30. The van der Waals surface area contributed by atoms with Gasteiger partial charge in [0, 0.05) is 5.92 Å². The van der Waals surface area contributed by atoms with Crippen LogP contribution >= 0.6 is 0 Å². The molecule has 12 heavy (non-hydrogen) atoms. The molecule has 3 rings (SSSR count). The first-order valence-corrected chi connectivity index (χ1v) is 4.67. The smallest absolute Gasteiger partial charge is 0.158 e. The van der Waals surface area contributed by atoms with E-state index in [-0.39, 0.29) is 6.10 Å². The molecule has 1 heterocycles. The first-order valence-electron chi connectivity index (χ1n) is 4.67. The van der Waals surface area contributed by atoms with Crippen LogP contribution in [0.25, 0.3) is 0 Å². The number of ether oxygens (including phenoxy) is 1. The van der Waals surface area contributed by atoms with Gasteiger partial charge in [-0.2, -0.15) is 0 Å². The predicted molar refractivity (Wildman–Crippen MR) is 41.2 cm³/mol. The molecule has 6 atom stereocenters. The monoisotopic (exact) mass is 170 g/mol. The van der Waals surface area contributed by atoms with E-state index in [1.807, 2.05) is 6.92 Å². The molecular formula is C9H14O3. The molecule has 1 saturated heterocycles. The van der Waals surface area contributed by atoms with Gasteiger partial charge in [-0.25, -0.2) is 0 Å². The Hall–Kier alpha value is -0.120. The van der Waals surface area contributed by atoms with Crippen LogP contribution < -0.4 is 0 Å². The van der Waals surface area contributed by atoms with Gasteiger partial charge in [0.2, 0.25) is 0 Å². The number of aliphatic hydroxyl groups excluding tert-OH is 2. The molecule has 1 aliphatic heterocycles. The average molecular weight is 170 g/mol. The maximum Gasteiger partial charge on any atom is 0.158 e. The van der Waals surface area contributed by atoms with Crippen LogP contribution in [-0.4, -0.2) is 28.2 Å². The molecule has 0 aromatic carbocycles. The summed E-state index contributed by atoms with van der Waals surface area (Å²) >= 11 is 0. The third-order valence-electron chi connectivity index (χ3n) is 4.16. The third kappa shape index (κ3) is 0.573. The molecule has 3 fully saturated rings. The number of rotatable bonds is 0. The van der Waals surface area contributed by atoms with Gasteiger partial charge in [-0.05, 0) is 31.6 Å². The van der Waals surface area contributed by atoms with Crippen molar-refractivity contribution in [1.29, 1.82) is 0 Å². The zero-order valence-corrected chi connectivity index (χ0v) is 7.10. The highest BCUT2D eigenvalue weighted by atomic mass is 16.6. The van der Waals surface area contributed by atoms with Crippen molar-refractivity contribution in [1.82, 2.24) is 0 Å². The molecule has 2 aliphatic carbocycles. The lowest BCUT2D eigenvalue weighted by Crippen LogP contribution is -2.43. The highest BCUT2D eigenvalue weighted by molar-refractivity contribution is 5.13. The molecule has 68 valence electrons. The minimum absolute atomic E-state index is 0.295. The lowest BCUT2D eigenvalue weighted by molar-refractivity contribution is -0.167. The fourth-order valence-electron chi connectivity index (χ4n) is 3.54. The van der Waals surface area contributed by atoms with Gasteiger partial charge in [-0.1, -0.05) is 0 Å². The Bertz CT molecular complexity index is 228. The molecule has 0 amide bonds. The fraction of sp³-hybridized carbons (Fsp3) is 1.00. The van der Waals surface area contributed by atoms with E-state index in [1.165, 1.54) is 0 Å². The van der Waals surface area contributed by atoms with Crippen LogP contribution in [0.1, 0.15) is 19.8 Å². The number of hydrogen-bond acceptors (Lipinski definition) is 3. The Labute approximate surface area is 71.3 Å². The van der Waals surface area contributed by atoms with E-state index < -0.39 is 11.9 Å². The standard InChI is InChI=1S/C9H14O3/c1-9-6-3-4(7(9)10)2-5(6)8(11)12-9/h4-8,10-11H,2-3H2,1H3. The summed E-state index contributed by atoms with van der Waals surface area (Å²) in [5.74, 6) is 1.07. The third-order valence-corrected chi connectivity index (χ3v) is 4.16. The molecule has 0 spiro atoms. The van der Waals surface area contributed by atoms with E-state index in [2.05, 4.69) is 0 Å². The van der Waals surface area contributed by atoms with Gasteiger partial charge in [-0.15, -0.1) is 0 Å². The van der Waals surface area contributed by atoms with Gasteiger partial charge in [0.1, 0.15) is 0 Å². The van der Waals surface area contributed by atoms with Crippen molar-refractivity contribution in [2.75, 3.05) is 0 Å². The molecule has 0 aromatic rings. The molecule has 0 radical (unpaired) electrons. The normalized spacial score (nSPS) is 67.8.